The molecule has 0 radical (unpaired) electrons. The Balaban J connectivity index is 1.23. The van der Waals surface area contributed by atoms with Gasteiger partial charge in [-0.2, -0.15) is 0 Å². The van der Waals surface area contributed by atoms with Crippen molar-refractivity contribution >= 4 is 17.1 Å². The number of aromatic nitrogens is 6. The summed E-state index contributed by atoms with van der Waals surface area (Å²) in [7, 11) is 0. The molecule has 7 nitrogen and oxygen atoms in total. The molecule has 58 heavy (non-hydrogen) atoms. The van der Waals surface area contributed by atoms with Crippen molar-refractivity contribution in [1.29, 1.82) is 0 Å². The topological polar surface area (TPSA) is 80.6 Å². The molecule has 6 aromatic heterocycles. The van der Waals surface area contributed by atoms with E-state index in [2.05, 4.69) is 95.9 Å². The van der Waals surface area contributed by atoms with Crippen LogP contribution < -0.4 is 4.90 Å². The van der Waals surface area contributed by atoms with Gasteiger partial charge in [-0.1, -0.05) is 91.0 Å². The van der Waals surface area contributed by atoms with Gasteiger partial charge in [-0.05, 0) is 69.8 Å². The first-order chi connectivity index (χ1) is 28.8. The van der Waals surface area contributed by atoms with E-state index in [9.17, 15) is 0 Å². The molecule has 9 aromatic rings. The Morgan fingerprint density at radius 1 is 0.259 bits per heavy atom. The van der Waals surface area contributed by atoms with Crippen molar-refractivity contribution in [2.24, 2.45) is 0 Å². The third-order valence-corrected chi connectivity index (χ3v) is 14.1. The van der Waals surface area contributed by atoms with Crippen molar-refractivity contribution in [2.75, 3.05) is 4.90 Å². The van der Waals surface area contributed by atoms with Gasteiger partial charge in [-0.25, -0.2) is 0 Å². The fraction of sp³-hybridized carbons (Fsp3) is 0.0588. The van der Waals surface area contributed by atoms with Crippen molar-refractivity contribution in [3.8, 4) is 33.4 Å². The second kappa shape index (κ2) is 9.65. The Kier molecular flexibility index (Phi) is 4.93. The van der Waals surface area contributed by atoms with Crippen LogP contribution in [0.3, 0.4) is 0 Å². The zero-order valence-electron chi connectivity index (χ0n) is 30.7. The lowest BCUT2D eigenvalue weighted by molar-refractivity contribution is 0.632. The number of para-hydroxylation sites is 3. The molecule has 3 aliphatic carbocycles. The van der Waals surface area contributed by atoms with Gasteiger partial charge in [-0.15, -0.1) is 0 Å². The highest BCUT2D eigenvalue weighted by Gasteiger charge is 2.65. The van der Waals surface area contributed by atoms with Gasteiger partial charge in [0.15, 0.2) is 0 Å². The van der Waals surface area contributed by atoms with Gasteiger partial charge in [0, 0.05) is 70.6 Å². The van der Waals surface area contributed by atoms with Crippen LogP contribution in [0, 0.1) is 0 Å². The molecule has 3 aliphatic heterocycles. The lowest BCUT2D eigenvalue weighted by Crippen LogP contribution is -2.48. The molecule has 9 heterocycles. The Morgan fingerprint density at radius 3 is 0.672 bits per heavy atom. The first-order valence-electron chi connectivity index (χ1n) is 19.8. The molecule has 6 aliphatic rings. The fourth-order valence-electron chi connectivity index (χ4n) is 12.3. The van der Waals surface area contributed by atoms with Gasteiger partial charge in [-0.3, -0.25) is 29.9 Å². The largest absolute Gasteiger partial charge is 0.308 e. The molecule has 0 atom stereocenters. The quantitative estimate of drug-likeness (QED) is 0.153. The van der Waals surface area contributed by atoms with E-state index in [1.165, 1.54) is 0 Å². The predicted molar refractivity (Wildman–Crippen MR) is 220 cm³/mol. The van der Waals surface area contributed by atoms with E-state index in [0.29, 0.717) is 0 Å². The summed E-state index contributed by atoms with van der Waals surface area (Å²) in [6, 6.07) is 46.1. The molecule has 0 bridgehead atoms. The Bertz CT molecular complexity index is 2840. The maximum Gasteiger partial charge on any atom is 0.110 e. The molecule has 3 aromatic carbocycles. The molecule has 7 heteroatoms. The fourth-order valence-corrected chi connectivity index (χ4v) is 12.3. The summed E-state index contributed by atoms with van der Waals surface area (Å²) >= 11 is 0. The SMILES string of the molecule is c1cnc2c(c1)-c1cccnc1C21c2cccc3c2N2c4c1cccc4C1(c4cccc(c42)C32c3ncccc3-c3cccnc32)c2ncccc2-c2cccnc21. The molecule has 0 unspecified atom stereocenters. The summed E-state index contributed by atoms with van der Waals surface area (Å²) in [5.74, 6) is 0. The average molecular weight is 738 g/mol. The van der Waals surface area contributed by atoms with E-state index in [-0.39, 0.29) is 0 Å². The first-order valence-corrected chi connectivity index (χ1v) is 19.8. The third-order valence-electron chi connectivity index (χ3n) is 14.1. The third kappa shape index (κ3) is 2.81. The van der Waals surface area contributed by atoms with Gasteiger partial charge >= 0.3 is 0 Å². The zero-order valence-corrected chi connectivity index (χ0v) is 30.7. The second-order valence-corrected chi connectivity index (χ2v) is 16.1. The van der Waals surface area contributed by atoms with Crippen LogP contribution in [0.5, 0.6) is 0 Å². The van der Waals surface area contributed by atoms with E-state index in [0.717, 1.165) is 118 Å². The van der Waals surface area contributed by atoms with Crippen molar-refractivity contribution in [1.82, 2.24) is 29.9 Å². The Labute approximate surface area is 332 Å². The highest BCUT2D eigenvalue weighted by atomic mass is 15.2. The van der Waals surface area contributed by atoms with E-state index in [1.807, 2.05) is 73.6 Å². The maximum atomic E-state index is 5.35. The lowest BCUT2D eigenvalue weighted by Gasteiger charge is -2.55. The van der Waals surface area contributed by atoms with Gasteiger partial charge in [0.05, 0.1) is 51.2 Å². The molecular weight excluding hydrogens is 711 g/mol. The zero-order chi connectivity index (χ0) is 37.5. The molecule has 0 amide bonds. The number of nitrogens with zero attached hydrogens (tertiary/aromatic N) is 7. The first kappa shape index (κ1) is 29.6. The monoisotopic (exact) mass is 737 g/mol. The highest BCUT2D eigenvalue weighted by Crippen LogP contribution is 2.74. The molecule has 3 spiro atoms. The van der Waals surface area contributed by atoms with Crippen LogP contribution in [-0.2, 0) is 16.2 Å². The van der Waals surface area contributed by atoms with Crippen molar-refractivity contribution in [3.05, 3.63) is 232 Å². The summed E-state index contributed by atoms with van der Waals surface area (Å²) in [4.78, 5) is 34.7. The highest BCUT2D eigenvalue weighted by molar-refractivity contribution is 6.06. The van der Waals surface area contributed by atoms with E-state index >= 15 is 0 Å². The average Bonchev–Trinajstić information content (AvgIpc) is 3.87. The molecular formula is C51H27N7. The molecule has 0 saturated heterocycles. The van der Waals surface area contributed by atoms with Gasteiger partial charge in [0.1, 0.15) is 16.2 Å². The number of anilines is 3. The Hall–Kier alpha value is -7.64. The standard InChI is InChI=1S/C51H27N7/c1-16-34-40-35(17-1)50(45-30(12-6-24-54-45)31-13-7-25-55-46(31)50)37-19-3-21-39-42(37)58(40)41-36(49(34)43-28(10-4-22-52-43)29-11-5-23-53-44(29)49)18-2-20-38(41)51(39)47-32(14-8-26-56-47)33-15-9-27-57-48(33)51/h1-27H. The maximum absolute atomic E-state index is 5.35. The smallest absolute Gasteiger partial charge is 0.110 e. The number of fused-ring (bicyclic) bond motifs is 21. The number of hydrogen-bond acceptors (Lipinski definition) is 7. The summed E-state index contributed by atoms with van der Waals surface area (Å²) < 4.78 is 0. The molecule has 0 fully saturated rings. The van der Waals surface area contributed by atoms with Gasteiger partial charge < -0.3 is 4.90 Å². The molecule has 0 N–H and O–H groups in total. The van der Waals surface area contributed by atoms with Crippen LogP contribution in [0.25, 0.3) is 33.4 Å². The van der Waals surface area contributed by atoms with Gasteiger partial charge in [0.25, 0.3) is 0 Å². The van der Waals surface area contributed by atoms with Crippen LogP contribution in [-0.4, -0.2) is 29.9 Å². The minimum absolute atomic E-state index is 0.844. The summed E-state index contributed by atoms with van der Waals surface area (Å²) in [5, 5.41) is 0. The van der Waals surface area contributed by atoms with Crippen molar-refractivity contribution in [2.45, 2.75) is 16.2 Å². The molecule has 0 saturated carbocycles. The van der Waals surface area contributed by atoms with Crippen LogP contribution in [0.4, 0.5) is 17.1 Å². The minimum atomic E-state index is -0.844. The van der Waals surface area contributed by atoms with Crippen LogP contribution in [0.1, 0.15) is 67.5 Å². The minimum Gasteiger partial charge on any atom is -0.308 e. The number of benzene rings is 3. The Morgan fingerprint density at radius 2 is 0.466 bits per heavy atom. The normalized spacial score (nSPS) is 16.7. The molecule has 266 valence electrons. The number of rotatable bonds is 0. The van der Waals surface area contributed by atoms with E-state index in [4.69, 9.17) is 29.9 Å². The van der Waals surface area contributed by atoms with Gasteiger partial charge in [0.2, 0.25) is 0 Å². The summed E-state index contributed by atoms with van der Waals surface area (Å²) in [6.07, 6.45) is 11.6. The van der Waals surface area contributed by atoms with Crippen molar-refractivity contribution < 1.29 is 0 Å². The predicted octanol–water partition coefficient (Wildman–Crippen LogP) is 9.56. The lowest BCUT2D eigenvalue weighted by atomic mass is 9.56. The van der Waals surface area contributed by atoms with E-state index < -0.39 is 16.2 Å². The van der Waals surface area contributed by atoms with Crippen LogP contribution >= 0.6 is 0 Å². The molecule has 15 rings (SSSR count). The number of hydrogen-bond donors (Lipinski definition) is 0. The van der Waals surface area contributed by atoms with Crippen molar-refractivity contribution in [3.63, 3.8) is 0 Å². The van der Waals surface area contributed by atoms with Crippen LogP contribution in [0.2, 0.25) is 0 Å². The van der Waals surface area contributed by atoms with E-state index in [1.54, 1.807) is 0 Å². The van der Waals surface area contributed by atoms with Crippen LogP contribution in [0.15, 0.2) is 165 Å². The second-order valence-electron chi connectivity index (χ2n) is 16.1. The number of pyridine rings is 6. The summed E-state index contributed by atoms with van der Waals surface area (Å²) in [5.41, 5.74) is 20.3. The summed E-state index contributed by atoms with van der Waals surface area (Å²) in [6.45, 7) is 0.